The van der Waals surface area contributed by atoms with Gasteiger partial charge in [0.05, 0.1) is 0 Å². The van der Waals surface area contributed by atoms with Crippen LogP contribution in [0.1, 0.15) is 23.6 Å². The summed E-state index contributed by atoms with van der Waals surface area (Å²) < 4.78 is 0. The summed E-state index contributed by atoms with van der Waals surface area (Å²) >= 11 is 1.27. The molecular formula is C9H16N4OS. The third-order valence-corrected chi connectivity index (χ3v) is 2.74. The third-order valence-electron chi connectivity index (χ3n) is 1.81. The Morgan fingerprint density at radius 2 is 2.20 bits per heavy atom. The Bertz CT molecular complexity index is 337. The zero-order valence-corrected chi connectivity index (χ0v) is 10.3. The molecule has 6 heteroatoms. The molecule has 0 aliphatic rings. The van der Waals surface area contributed by atoms with Gasteiger partial charge >= 0.3 is 0 Å². The van der Waals surface area contributed by atoms with Crippen LogP contribution in [0.3, 0.4) is 0 Å². The smallest absolute Gasteiger partial charge is 0.284 e. The van der Waals surface area contributed by atoms with Crippen LogP contribution in [0.25, 0.3) is 0 Å². The molecule has 0 spiro atoms. The van der Waals surface area contributed by atoms with E-state index in [4.69, 9.17) is 0 Å². The number of amides is 1. The minimum Gasteiger partial charge on any atom is -0.363 e. The van der Waals surface area contributed by atoms with E-state index in [0.29, 0.717) is 16.1 Å². The van der Waals surface area contributed by atoms with Gasteiger partial charge in [-0.05, 0) is 5.92 Å². The number of nitrogens with zero attached hydrogens (tertiary/aromatic N) is 3. The standard InChI is InChI=1S/C9H16N4OS/c1-6(2)5-13(4)8(14)7-11-12-9(10-3)15-7/h6H,5H2,1-4H3,(H,10,12). The number of nitrogens with one attached hydrogen (secondary N) is 1. The highest BCUT2D eigenvalue weighted by Gasteiger charge is 2.17. The minimum atomic E-state index is -0.0669. The quantitative estimate of drug-likeness (QED) is 0.844. The van der Waals surface area contributed by atoms with Gasteiger partial charge in [0.25, 0.3) is 5.91 Å². The Morgan fingerprint density at radius 3 is 2.67 bits per heavy atom. The molecule has 5 nitrogen and oxygen atoms in total. The fourth-order valence-electron chi connectivity index (χ4n) is 1.20. The van der Waals surface area contributed by atoms with E-state index in [2.05, 4.69) is 29.4 Å². The first-order valence-electron chi connectivity index (χ1n) is 4.81. The molecule has 1 aromatic rings. The molecule has 0 aromatic carbocycles. The molecule has 1 N–H and O–H groups in total. The van der Waals surface area contributed by atoms with Crippen LogP contribution in [-0.2, 0) is 0 Å². The summed E-state index contributed by atoms with van der Waals surface area (Å²) in [4.78, 5) is 13.5. The van der Waals surface area contributed by atoms with Gasteiger partial charge in [-0.3, -0.25) is 4.79 Å². The first-order chi connectivity index (χ1) is 7.04. The lowest BCUT2D eigenvalue weighted by Crippen LogP contribution is -2.30. The fraction of sp³-hybridized carbons (Fsp3) is 0.667. The average Bonchev–Trinajstić information content (AvgIpc) is 2.63. The van der Waals surface area contributed by atoms with Crippen LogP contribution in [0.4, 0.5) is 5.13 Å². The Balaban J connectivity index is 2.67. The zero-order chi connectivity index (χ0) is 11.4. The predicted molar refractivity (Wildman–Crippen MR) is 61.3 cm³/mol. The number of hydrogen-bond acceptors (Lipinski definition) is 5. The van der Waals surface area contributed by atoms with Crippen molar-refractivity contribution >= 4 is 22.4 Å². The number of rotatable bonds is 4. The lowest BCUT2D eigenvalue weighted by Gasteiger charge is -2.17. The average molecular weight is 228 g/mol. The molecule has 0 unspecified atom stereocenters. The van der Waals surface area contributed by atoms with E-state index < -0.39 is 0 Å². The van der Waals surface area contributed by atoms with E-state index in [0.717, 1.165) is 6.54 Å². The van der Waals surface area contributed by atoms with Crippen molar-refractivity contribution in [2.45, 2.75) is 13.8 Å². The lowest BCUT2D eigenvalue weighted by atomic mass is 10.2. The largest absolute Gasteiger partial charge is 0.363 e. The second-order valence-corrected chi connectivity index (χ2v) is 4.72. The van der Waals surface area contributed by atoms with Crippen molar-refractivity contribution in [2.24, 2.45) is 5.92 Å². The Labute approximate surface area is 93.5 Å². The van der Waals surface area contributed by atoms with Crippen molar-refractivity contribution in [1.29, 1.82) is 0 Å². The molecular weight excluding hydrogens is 212 g/mol. The molecule has 1 aromatic heterocycles. The van der Waals surface area contributed by atoms with Gasteiger partial charge in [0.2, 0.25) is 10.1 Å². The van der Waals surface area contributed by atoms with Gasteiger partial charge < -0.3 is 10.2 Å². The van der Waals surface area contributed by atoms with Gasteiger partial charge in [0.15, 0.2) is 0 Å². The van der Waals surface area contributed by atoms with Gasteiger partial charge in [-0.25, -0.2) is 0 Å². The third kappa shape index (κ3) is 3.16. The maximum atomic E-state index is 11.8. The van der Waals surface area contributed by atoms with Crippen molar-refractivity contribution < 1.29 is 4.79 Å². The monoisotopic (exact) mass is 228 g/mol. The Morgan fingerprint density at radius 1 is 1.53 bits per heavy atom. The fourth-order valence-corrected chi connectivity index (χ4v) is 1.90. The van der Waals surface area contributed by atoms with Crippen LogP contribution in [0.5, 0.6) is 0 Å². The highest BCUT2D eigenvalue weighted by atomic mass is 32.1. The van der Waals surface area contributed by atoms with E-state index in [1.54, 1.807) is 19.0 Å². The molecule has 15 heavy (non-hydrogen) atoms. The molecule has 1 heterocycles. The Hall–Kier alpha value is -1.17. The summed E-state index contributed by atoms with van der Waals surface area (Å²) in [6, 6.07) is 0. The van der Waals surface area contributed by atoms with Crippen LogP contribution in [-0.4, -0.2) is 41.6 Å². The molecule has 0 saturated heterocycles. The second-order valence-electron chi connectivity index (χ2n) is 3.74. The summed E-state index contributed by atoms with van der Waals surface area (Å²) in [6.45, 7) is 4.87. The second kappa shape index (κ2) is 5.06. The van der Waals surface area contributed by atoms with Crippen molar-refractivity contribution in [1.82, 2.24) is 15.1 Å². The normalized spacial score (nSPS) is 10.5. The Kier molecular flexibility index (Phi) is 4.02. The molecule has 0 aliphatic carbocycles. The number of anilines is 1. The summed E-state index contributed by atoms with van der Waals surface area (Å²) in [5.41, 5.74) is 0. The van der Waals surface area contributed by atoms with Crippen LogP contribution < -0.4 is 5.32 Å². The van der Waals surface area contributed by atoms with E-state index >= 15 is 0 Å². The molecule has 0 radical (unpaired) electrons. The maximum Gasteiger partial charge on any atom is 0.284 e. The van der Waals surface area contributed by atoms with Crippen LogP contribution in [0.2, 0.25) is 0 Å². The zero-order valence-electron chi connectivity index (χ0n) is 9.44. The topological polar surface area (TPSA) is 58.1 Å². The molecule has 84 valence electrons. The SMILES string of the molecule is CNc1nnc(C(=O)N(C)CC(C)C)s1. The molecule has 0 fully saturated rings. The van der Waals surface area contributed by atoms with Crippen molar-refractivity contribution in [3.05, 3.63) is 5.01 Å². The first kappa shape index (κ1) is 11.9. The van der Waals surface area contributed by atoms with Gasteiger partial charge in [-0.15, -0.1) is 10.2 Å². The first-order valence-corrected chi connectivity index (χ1v) is 5.63. The molecule has 0 atom stereocenters. The molecule has 1 amide bonds. The number of hydrogen-bond donors (Lipinski definition) is 1. The highest BCUT2D eigenvalue weighted by Crippen LogP contribution is 2.15. The number of aromatic nitrogens is 2. The molecule has 1 rings (SSSR count). The van der Waals surface area contributed by atoms with Crippen molar-refractivity contribution in [3.63, 3.8) is 0 Å². The van der Waals surface area contributed by atoms with E-state index in [1.807, 2.05) is 0 Å². The van der Waals surface area contributed by atoms with Gasteiger partial charge in [-0.2, -0.15) is 0 Å². The van der Waals surface area contributed by atoms with Gasteiger partial charge in [-0.1, -0.05) is 25.2 Å². The molecule has 0 saturated carbocycles. The van der Waals surface area contributed by atoms with Gasteiger partial charge in [0.1, 0.15) is 0 Å². The van der Waals surface area contributed by atoms with Crippen molar-refractivity contribution in [2.75, 3.05) is 26.0 Å². The summed E-state index contributed by atoms with van der Waals surface area (Å²) in [6.07, 6.45) is 0. The van der Waals surface area contributed by atoms with Gasteiger partial charge in [0, 0.05) is 20.6 Å². The number of carbonyl (C=O) groups excluding carboxylic acids is 1. The molecule has 0 bridgehead atoms. The maximum absolute atomic E-state index is 11.8. The van der Waals surface area contributed by atoms with E-state index in [-0.39, 0.29) is 5.91 Å². The van der Waals surface area contributed by atoms with Crippen LogP contribution in [0, 0.1) is 5.92 Å². The van der Waals surface area contributed by atoms with E-state index in [1.165, 1.54) is 11.3 Å². The predicted octanol–water partition coefficient (Wildman–Crippen LogP) is 1.31. The van der Waals surface area contributed by atoms with Crippen molar-refractivity contribution in [3.8, 4) is 0 Å². The highest BCUT2D eigenvalue weighted by molar-refractivity contribution is 7.17. The summed E-state index contributed by atoms with van der Waals surface area (Å²) in [5.74, 6) is 0.387. The van der Waals surface area contributed by atoms with Crippen LogP contribution >= 0.6 is 11.3 Å². The summed E-state index contributed by atoms with van der Waals surface area (Å²) in [5, 5.41) is 11.6. The van der Waals surface area contributed by atoms with Crippen LogP contribution in [0.15, 0.2) is 0 Å². The lowest BCUT2D eigenvalue weighted by molar-refractivity contribution is 0.0778. The van der Waals surface area contributed by atoms with E-state index in [9.17, 15) is 4.79 Å². The molecule has 0 aliphatic heterocycles. The summed E-state index contributed by atoms with van der Waals surface area (Å²) in [7, 11) is 3.54. The number of carbonyl (C=O) groups is 1. The minimum absolute atomic E-state index is 0.0669.